The number of pyridine rings is 1. The van der Waals surface area contributed by atoms with Crippen LogP contribution in [-0.2, 0) is 11.2 Å². The van der Waals surface area contributed by atoms with Gasteiger partial charge in [0.1, 0.15) is 11.6 Å². The summed E-state index contributed by atoms with van der Waals surface area (Å²) in [5.41, 5.74) is 1.05. The second-order valence-corrected chi connectivity index (χ2v) is 11.7. The first-order valence-electron chi connectivity index (χ1n) is 12.7. The lowest BCUT2D eigenvalue weighted by molar-refractivity contribution is -0.119. The molecule has 1 saturated heterocycles. The first-order valence-corrected chi connectivity index (χ1v) is 14.4. The van der Waals surface area contributed by atoms with E-state index in [1.54, 1.807) is 11.3 Å². The van der Waals surface area contributed by atoms with Crippen LogP contribution in [0.4, 0.5) is 22.8 Å². The highest BCUT2D eigenvalue weighted by molar-refractivity contribution is 7.99. The van der Waals surface area contributed by atoms with Crippen LogP contribution >= 0.6 is 23.1 Å². The smallest absolute Gasteiger partial charge is 0.234 e. The van der Waals surface area contributed by atoms with Crippen LogP contribution in [0.25, 0.3) is 0 Å². The number of aryl methyl sites for hydroxylation is 1. The number of carbonyl (C=O) groups is 1. The molecule has 0 bridgehead atoms. The van der Waals surface area contributed by atoms with E-state index >= 15 is 0 Å². The molecule has 38 heavy (non-hydrogen) atoms. The molecule has 1 aliphatic heterocycles. The Balaban J connectivity index is 1.19. The molecule has 2 aliphatic rings. The van der Waals surface area contributed by atoms with Gasteiger partial charge in [-0.15, -0.1) is 11.3 Å². The third-order valence-electron chi connectivity index (χ3n) is 6.52. The fraction of sp³-hybridized carbons (Fsp3) is 0.333. The van der Waals surface area contributed by atoms with Crippen LogP contribution in [0.2, 0.25) is 0 Å². The molecule has 6 rings (SSSR count). The third kappa shape index (κ3) is 6.11. The lowest BCUT2D eigenvalue weighted by Crippen LogP contribution is -2.47. The summed E-state index contributed by atoms with van der Waals surface area (Å²) >= 11 is 3.05. The van der Waals surface area contributed by atoms with Crippen molar-refractivity contribution < 1.29 is 4.79 Å². The van der Waals surface area contributed by atoms with Crippen molar-refractivity contribution >= 4 is 51.7 Å². The number of thiazole rings is 1. The number of rotatable bonds is 9. The van der Waals surface area contributed by atoms with Crippen molar-refractivity contribution in [2.75, 3.05) is 41.3 Å². The number of hydrogen-bond donors (Lipinski definition) is 1. The van der Waals surface area contributed by atoms with Crippen LogP contribution in [0.15, 0.2) is 64.9 Å². The monoisotopic (exact) mass is 544 g/mol. The molecule has 1 saturated carbocycles. The van der Waals surface area contributed by atoms with Gasteiger partial charge in [-0.1, -0.05) is 18.2 Å². The zero-order valence-corrected chi connectivity index (χ0v) is 22.7. The molecule has 194 valence electrons. The molecule has 2 fully saturated rings. The third-order valence-corrected chi connectivity index (χ3v) is 8.22. The molecule has 1 aliphatic carbocycles. The van der Waals surface area contributed by atoms with E-state index in [-0.39, 0.29) is 5.92 Å². The maximum atomic E-state index is 12.2. The molecular weight excluding hydrogens is 516 g/mol. The first kappa shape index (κ1) is 24.7. The van der Waals surface area contributed by atoms with Crippen LogP contribution in [0, 0.1) is 12.8 Å². The average Bonchev–Trinajstić information content (AvgIpc) is 3.72. The van der Waals surface area contributed by atoms with Crippen molar-refractivity contribution in [1.29, 1.82) is 0 Å². The molecule has 1 aromatic carbocycles. The number of Topliss-reactive ketones (excluding diaryl/α,β-unsaturated/α-hetero) is 1. The van der Waals surface area contributed by atoms with Gasteiger partial charge in [-0.25, -0.2) is 9.97 Å². The number of carbonyl (C=O) groups excluding carboxylic acids is 1. The lowest BCUT2D eigenvalue weighted by atomic mass is 10.1. The highest BCUT2D eigenvalue weighted by Gasteiger charge is 2.29. The fourth-order valence-corrected chi connectivity index (χ4v) is 5.71. The highest BCUT2D eigenvalue weighted by Crippen LogP contribution is 2.32. The summed E-state index contributed by atoms with van der Waals surface area (Å²) in [5.74, 6) is 2.74. The number of piperazine rings is 1. The van der Waals surface area contributed by atoms with Gasteiger partial charge in [-0.3, -0.25) is 10.1 Å². The fourth-order valence-electron chi connectivity index (χ4n) is 4.30. The van der Waals surface area contributed by atoms with Crippen LogP contribution in [0.5, 0.6) is 0 Å². The Morgan fingerprint density at radius 1 is 1.00 bits per heavy atom. The van der Waals surface area contributed by atoms with Crippen molar-refractivity contribution in [2.24, 2.45) is 5.92 Å². The van der Waals surface area contributed by atoms with Crippen molar-refractivity contribution in [1.82, 2.24) is 24.9 Å². The molecule has 4 heterocycles. The number of anilines is 4. The Bertz CT molecular complexity index is 1400. The van der Waals surface area contributed by atoms with E-state index in [0.29, 0.717) is 29.3 Å². The van der Waals surface area contributed by atoms with Crippen molar-refractivity contribution in [3.63, 3.8) is 0 Å². The molecule has 9 nitrogen and oxygen atoms in total. The first-order chi connectivity index (χ1) is 18.6. The second kappa shape index (κ2) is 11.0. The Morgan fingerprint density at radius 3 is 2.47 bits per heavy atom. The van der Waals surface area contributed by atoms with Crippen LogP contribution in [-0.4, -0.2) is 56.9 Å². The van der Waals surface area contributed by atoms with Crippen molar-refractivity contribution in [3.05, 3.63) is 65.3 Å². The largest absolute Gasteiger partial charge is 0.353 e. The zero-order chi connectivity index (χ0) is 25.9. The molecule has 0 atom stereocenters. The van der Waals surface area contributed by atoms with E-state index in [0.717, 1.165) is 65.3 Å². The van der Waals surface area contributed by atoms with Crippen LogP contribution in [0.3, 0.4) is 0 Å². The maximum Gasteiger partial charge on any atom is 0.234 e. The molecule has 11 heteroatoms. The van der Waals surface area contributed by atoms with Gasteiger partial charge in [0.25, 0.3) is 0 Å². The number of hydrogen-bond acceptors (Lipinski definition) is 11. The van der Waals surface area contributed by atoms with Gasteiger partial charge < -0.3 is 9.80 Å². The number of nitrogens with zero attached hydrogens (tertiary/aromatic N) is 7. The van der Waals surface area contributed by atoms with Gasteiger partial charge >= 0.3 is 0 Å². The number of nitrogens with one attached hydrogen (secondary N) is 1. The Kier molecular flexibility index (Phi) is 7.19. The summed E-state index contributed by atoms with van der Waals surface area (Å²) in [5, 5.41) is 4.62. The van der Waals surface area contributed by atoms with Crippen molar-refractivity contribution in [2.45, 2.75) is 36.2 Å². The molecule has 1 N–H and O–H groups in total. The molecule has 0 unspecified atom stereocenters. The topological polar surface area (TPSA) is 100 Å². The van der Waals surface area contributed by atoms with E-state index in [9.17, 15) is 4.79 Å². The minimum atomic E-state index is 0.283. The molecule has 4 aromatic rings. The summed E-state index contributed by atoms with van der Waals surface area (Å²) in [6, 6.07) is 14.1. The molecule has 0 amide bonds. The number of benzene rings is 1. The van der Waals surface area contributed by atoms with Crippen LogP contribution in [0.1, 0.15) is 23.3 Å². The quantitative estimate of drug-likeness (QED) is 0.317. The highest BCUT2D eigenvalue weighted by atomic mass is 32.2. The SMILES string of the molecule is Cc1cnc(Nc2nc(Sc3ccc(CC(=O)C4CC4)cc3)nc(N3CCN(c4ccccn4)CC3)n2)s1. The standard InChI is InChI=1S/C27H28N8OS2/c1-18-17-29-26(37-18)31-24-30-25(35-14-12-34(13-15-35)23-4-2-3-11-28-23)33-27(32-24)38-21-9-5-19(6-10-21)16-22(36)20-7-8-20/h2-6,9-11,17,20H,7-8,12-16H2,1H3,(H,29,30,31,32,33). The predicted octanol–water partition coefficient (Wildman–Crippen LogP) is 4.77. The van der Waals surface area contributed by atoms with Gasteiger partial charge in [0.2, 0.25) is 11.9 Å². The summed E-state index contributed by atoms with van der Waals surface area (Å²) in [4.78, 5) is 41.9. The number of aromatic nitrogens is 5. The van der Waals surface area contributed by atoms with Gasteiger partial charge in [0, 0.05) is 60.7 Å². The van der Waals surface area contributed by atoms with E-state index < -0.39 is 0 Å². The van der Waals surface area contributed by atoms with E-state index in [4.69, 9.17) is 9.97 Å². The molecular formula is C27H28N8OS2. The van der Waals surface area contributed by atoms with E-state index in [1.807, 2.05) is 61.8 Å². The van der Waals surface area contributed by atoms with Gasteiger partial charge in [-0.2, -0.15) is 15.0 Å². The van der Waals surface area contributed by atoms with E-state index in [1.165, 1.54) is 11.8 Å². The number of ketones is 1. The Labute approximate surface area is 229 Å². The Morgan fingerprint density at radius 2 is 1.79 bits per heavy atom. The minimum absolute atomic E-state index is 0.283. The van der Waals surface area contributed by atoms with Gasteiger partial charge in [0.15, 0.2) is 10.3 Å². The normalized spacial score (nSPS) is 15.5. The van der Waals surface area contributed by atoms with E-state index in [2.05, 4.69) is 30.1 Å². The summed E-state index contributed by atoms with van der Waals surface area (Å²) in [7, 11) is 0. The predicted molar refractivity (Wildman–Crippen MR) is 151 cm³/mol. The maximum absolute atomic E-state index is 12.2. The molecule has 0 spiro atoms. The zero-order valence-electron chi connectivity index (χ0n) is 21.1. The average molecular weight is 545 g/mol. The molecule has 0 radical (unpaired) electrons. The minimum Gasteiger partial charge on any atom is -0.353 e. The second-order valence-electron chi connectivity index (χ2n) is 9.47. The van der Waals surface area contributed by atoms with Gasteiger partial charge in [0.05, 0.1) is 0 Å². The summed E-state index contributed by atoms with van der Waals surface area (Å²) < 4.78 is 0. The molecule has 3 aromatic heterocycles. The van der Waals surface area contributed by atoms with Crippen molar-refractivity contribution in [3.8, 4) is 0 Å². The summed E-state index contributed by atoms with van der Waals surface area (Å²) in [6.45, 7) is 5.25. The van der Waals surface area contributed by atoms with Crippen LogP contribution < -0.4 is 15.1 Å². The van der Waals surface area contributed by atoms with Gasteiger partial charge in [-0.05, 0) is 61.4 Å². The Hall–Kier alpha value is -3.57. The lowest BCUT2D eigenvalue weighted by Gasteiger charge is -2.35. The summed E-state index contributed by atoms with van der Waals surface area (Å²) in [6.07, 6.45) is 6.26.